The van der Waals surface area contributed by atoms with Gasteiger partial charge in [0.1, 0.15) is 5.60 Å². The summed E-state index contributed by atoms with van der Waals surface area (Å²) in [6.07, 6.45) is -0.641. The number of carboxylic acids is 2. The van der Waals surface area contributed by atoms with E-state index >= 15 is 0 Å². The topological polar surface area (TPSA) is 127 Å². The van der Waals surface area contributed by atoms with Gasteiger partial charge in [-0.25, -0.2) is 0 Å². The lowest BCUT2D eigenvalue weighted by molar-refractivity contribution is -0.325. The number of hydrogen-bond acceptors (Lipinski definition) is 6. The predicted octanol–water partition coefficient (Wildman–Crippen LogP) is -4.05. The summed E-state index contributed by atoms with van der Waals surface area (Å²) in [6.45, 7) is 0.908. The Morgan fingerprint density at radius 1 is 1.58 bits per heavy atom. The molecule has 2 atom stereocenters. The molecule has 0 saturated heterocycles. The van der Waals surface area contributed by atoms with Crippen molar-refractivity contribution in [1.82, 2.24) is 0 Å². The molecule has 0 radical (unpaired) electrons. The SMILES string of the molecule is CC(O)(CC(N)C(=O)[O-])C(=O)[O-]. The molecule has 3 N–H and O–H groups in total. The lowest BCUT2D eigenvalue weighted by Gasteiger charge is -2.27. The third-order valence-electron chi connectivity index (χ3n) is 1.36. The Morgan fingerprint density at radius 3 is 2.25 bits per heavy atom. The zero-order valence-corrected chi connectivity index (χ0v) is 6.44. The van der Waals surface area contributed by atoms with Crippen LogP contribution in [-0.2, 0) is 9.59 Å². The van der Waals surface area contributed by atoms with Crippen LogP contribution in [-0.4, -0.2) is 28.7 Å². The Hall–Kier alpha value is -1.14. The highest BCUT2D eigenvalue weighted by Gasteiger charge is 2.25. The van der Waals surface area contributed by atoms with Crippen LogP contribution in [0, 0.1) is 0 Å². The van der Waals surface area contributed by atoms with Gasteiger partial charge in [0.15, 0.2) is 0 Å². The fraction of sp³-hybridized carbons (Fsp3) is 0.667. The van der Waals surface area contributed by atoms with Gasteiger partial charge in [0.2, 0.25) is 0 Å². The third kappa shape index (κ3) is 2.85. The van der Waals surface area contributed by atoms with Gasteiger partial charge in [-0.05, 0) is 6.92 Å². The van der Waals surface area contributed by atoms with Crippen LogP contribution in [0.1, 0.15) is 13.3 Å². The summed E-state index contributed by atoms with van der Waals surface area (Å²) < 4.78 is 0. The fourth-order valence-corrected chi connectivity index (χ4v) is 0.595. The van der Waals surface area contributed by atoms with Gasteiger partial charge in [-0.2, -0.15) is 0 Å². The molecule has 0 saturated carbocycles. The molecule has 0 amide bonds. The molecule has 0 aromatic heterocycles. The Morgan fingerprint density at radius 2 is 2.00 bits per heavy atom. The zero-order chi connectivity index (χ0) is 9.94. The van der Waals surface area contributed by atoms with Gasteiger partial charge >= 0.3 is 0 Å². The molecule has 70 valence electrons. The maximum atomic E-state index is 10.1. The highest BCUT2D eigenvalue weighted by molar-refractivity contribution is 5.77. The number of nitrogens with two attached hydrogens (primary N) is 1. The largest absolute Gasteiger partial charge is 0.548 e. The first kappa shape index (κ1) is 10.9. The van der Waals surface area contributed by atoms with Crippen molar-refractivity contribution in [2.75, 3.05) is 0 Å². The molecule has 0 aromatic rings. The van der Waals surface area contributed by atoms with E-state index in [9.17, 15) is 19.8 Å². The first-order chi connectivity index (χ1) is 5.27. The summed E-state index contributed by atoms with van der Waals surface area (Å²) in [5, 5.41) is 29.2. The molecule has 6 heteroatoms. The monoisotopic (exact) mass is 175 g/mol. The van der Waals surface area contributed by atoms with Gasteiger partial charge < -0.3 is 30.6 Å². The molecule has 0 aliphatic carbocycles. The Balaban J connectivity index is 4.24. The molecule has 2 unspecified atom stereocenters. The zero-order valence-electron chi connectivity index (χ0n) is 6.44. The predicted molar refractivity (Wildman–Crippen MR) is 33.2 cm³/mol. The van der Waals surface area contributed by atoms with Crippen molar-refractivity contribution in [2.45, 2.75) is 25.0 Å². The normalized spacial score (nSPS) is 17.9. The molecule has 0 fully saturated rings. The van der Waals surface area contributed by atoms with Crippen LogP contribution in [0.15, 0.2) is 0 Å². The van der Waals surface area contributed by atoms with E-state index in [-0.39, 0.29) is 0 Å². The van der Waals surface area contributed by atoms with Crippen LogP contribution in [0.4, 0.5) is 0 Å². The number of aliphatic hydroxyl groups is 1. The van der Waals surface area contributed by atoms with Crippen molar-refractivity contribution >= 4 is 11.9 Å². The van der Waals surface area contributed by atoms with Crippen molar-refractivity contribution in [3.63, 3.8) is 0 Å². The number of hydrogen-bond donors (Lipinski definition) is 2. The average molecular weight is 175 g/mol. The quantitative estimate of drug-likeness (QED) is 0.447. The van der Waals surface area contributed by atoms with Gasteiger partial charge in [-0.1, -0.05) is 0 Å². The van der Waals surface area contributed by atoms with Crippen LogP contribution in [0.5, 0.6) is 0 Å². The second-order valence-electron chi connectivity index (χ2n) is 2.69. The minimum Gasteiger partial charge on any atom is -0.548 e. The van der Waals surface area contributed by atoms with E-state index in [0.717, 1.165) is 6.92 Å². The number of rotatable bonds is 4. The number of aliphatic carboxylic acids is 2. The minimum atomic E-state index is -2.24. The maximum absolute atomic E-state index is 10.1. The third-order valence-corrected chi connectivity index (χ3v) is 1.36. The van der Waals surface area contributed by atoms with Crippen LogP contribution >= 0.6 is 0 Å². The molecule has 0 aliphatic heterocycles. The molecule has 0 rings (SSSR count). The molecule has 0 bridgehead atoms. The highest BCUT2D eigenvalue weighted by Crippen LogP contribution is 2.09. The van der Waals surface area contributed by atoms with Gasteiger partial charge in [0.25, 0.3) is 0 Å². The molecule has 0 aromatic carbocycles. The van der Waals surface area contributed by atoms with E-state index in [1.165, 1.54) is 0 Å². The highest BCUT2D eigenvalue weighted by atomic mass is 16.4. The number of carbonyl (C=O) groups excluding carboxylic acids is 2. The lowest BCUT2D eigenvalue weighted by Crippen LogP contribution is -2.53. The Bertz CT molecular complexity index is 200. The summed E-state index contributed by atoms with van der Waals surface area (Å²) in [6, 6.07) is -1.52. The van der Waals surface area contributed by atoms with Gasteiger partial charge in [-0.15, -0.1) is 0 Å². The summed E-state index contributed by atoms with van der Waals surface area (Å²) in [7, 11) is 0. The number of carboxylic acid groups (broad SMARTS) is 2. The summed E-state index contributed by atoms with van der Waals surface area (Å²) >= 11 is 0. The van der Waals surface area contributed by atoms with Crippen LogP contribution in [0.2, 0.25) is 0 Å². The minimum absolute atomic E-state index is 0.641. The molecule has 0 spiro atoms. The molecular formula is C6H9NO5-2. The van der Waals surface area contributed by atoms with Gasteiger partial charge in [-0.3, -0.25) is 0 Å². The first-order valence-electron chi connectivity index (χ1n) is 3.17. The summed E-state index contributed by atoms with van der Waals surface area (Å²) in [5.74, 6) is -3.38. The lowest BCUT2D eigenvalue weighted by atomic mass is 9.98. The van der Waals surface area contributed by atoms with Crippen molar-refractivity contribution in [3.8, 4) is 0 Å². The standard InChI is InChI=1S/C6H11NO5/c1-6(12,5(10)11)2-3(7)4(8)9/h3,12H,2,7H2,1H3,(H,8,9)(H,10,11)/p-2. The second kappa shape index (κ2) is 3.51. The second-order valence-corrected chi connectivity index (χ2v) is 2.69. The molecule has 0 aliphatic rings. The van der Waals surface area contributed by atoms with E-state index in [1.54, 1.807) is 0 Å². The molecule has 6 nitrogen and oxygen atoms in total. The smallest absolute Gasteiger partial charge is 0.103 e. The van der Waals surface area contributed by atoms with Crippen LogP contribution in [0.3, 0.4) is 0 Å². The maximum Gasteiger partial charge on any atom is 0.103 e. The van der Waals surface area contributed by atoms with Gasteiger partial charge in [0, 0.05) is 12.5 Å². The first-order valence-corrected chi connectivity index (χ1v) is 3.17. The summed E-state index contributed by atoms with van der Waals surface area (Å²) in [4.78, 5) is 20.2. The molecular weight excluding hydrogens is 166 g/mol. The van der Waals surface area contributed by atoms with Crippen LogP contribution < -0.4 is 15.9 Å². The van der Waals surface area contributed by atoms with Crippen molar-refractivity contribution in [3.05, 3.63) is 0 Å². The van der Waals surface area contributed by atoms with Crippen LogP contribution in [0.25, 0.3) is 0 Å². The number of carbonyl (C=O) groups is 2. The van der Waals surface area contributed by atoms with Crippen molar-refractivity contribution in [1.29, 1.82) is 0 Å². The van der Waals surface area contributed by atoms with E-state index in [4.69, 9.17) is 10.8 Å². The average Bonchev–Trinajstić information content (AvgIpc) is 1.85. The van der Waals surface area contributed by atoms with E-state index in [0.29, 0.717) is 0 Å². The Kier molecular flexibility index (Phi) is 3.17. The fourth-order valence-electron chi connectivity index (χ4n) is 0.595. The summed E-state index contributed by atoms with van der Waals surface area (Å²) in [5.41, 5.74) is 2.69. The van der Waals surface area contributed by atoms with E-state index in [1.807, 2.05) is 0 Å². The Labute approximate surface area is 68.6 Å². The van der Waals surface area contributed by atoms with Crippen molar-refractivity contribution in [2.24, 2.45) is 5.73 Å². The van der Waals surface area contributed by atoms with Gasteiger partial charge in [0.05, 0.1) is 11.9 Å². The van der Waals surface area contributed by atoms with Crippen molar-refractivity contribution < 1.29 is 24.9 Å². The van der Waals surface area contributed by atoms with E-state index in [2.05, 4.69) is 0 Å². The molecule has 12 heavy (non-hydrogen) atoms. The van der Waals surface area contributed by atoms with E-state index < -0.39 is 30.0 Å². The molecule has 0 heterocycles.